The second kappa shape index (κ2) is 9.44. The number of benzene rings is 3. The van der Waals surface area contributed by atoms with E-state index in [1.54, 1.807) is 24.4 Å². The van der Waals surface area contributed by atoms with Crippen LogP contribution in [0.15, 0.2) is 97.2 Å². The van der Waals surface area contributed by atoms with Crippen LogP contribution >= 0.6 is 12.4 Å². The number of nitrogens with zero attached hydrogens (tertiary/aromatic N) is 2. The lowest BCUT2D eigenvalue weighted by atomic mass is 10.1. The molecule has 0 aliphatic carbocycles. The molecule has 2 N–H and O–H groups in total. The minimum Gasteiger partial charge on any atom is -0.354 e. The van der Waals surface area contributed by atoms with Crippen molar-refractivity contribution in [1.82, 2.24) is 9.97 Å². The first-order valence-electron chi connectivity index (χ1n) is 10.1. The zero-order valence-electron chi connectivity index (χ0n) is 17.5. The average Bonchev–Trinajstić information content (AvgIpc) is 2.80. The summed E-state index contributed by atoms with van der Waals surface area (Å²) in [5.74, 6) is 0.174. The molecule has 2 heterocycles. The van der Waals surface area contributed by atoms with Crippen molar-refractivity contribution < 1.29 is 8.42 Å². The molecule has 8 heteroatoms. The number of sulfonamides is 1. The molecule has 5 aromatic rings. The number of hydrogen-bond acceptors (Lipinski definition) is 5. The van der Waals surface area contributed by atoms with Crippen molar-refractivity contribution in [3.05, 3.63) is 103 Å². The van der Waals surface area contributed by atoms with Crippen LogP contribution in [0.3, 0.4) is 0 Å². The number of anilines is 3. The van der Waals surface area contributed by atoms with E-state index in [1.807, 2.05) is 72.8 Å². The number of rotatable bonds is 6. The van der Waals surface area contributed by atoms with Crippen LogP contribution in [0.5, 0.6) is 0 Å². The Morgan fingerprint density at radius 1 is 0.727 bits per heavy atom. The Morgan fingerprint density at radius 3 is 1.94 bits per heavy atom. The number of fused-ring (bicyclic) bond motifs is 2. The lowest BCUT2D eigenvalue weighted by Gasteiger charge is -2.14. The summed E-state index contributed by atoms with van der Waals surface area (Å²) in [6.45, 7) is 0. The van der Waals surface area contributed by atoms with E-state index in [1.165, 1.54) is 0 Å². The van der Waals surface area contributed by atoms with E-state index in [0.29, 0.717) is 11.4 Å². The molecule has 2 aromatic heterocycles. The van der Waals surface area contributed by atoms with E-state index >= 15 is 0 Å². The summed E-state index contributed by atoms with van der Waals surface area (Å²) in [5, 5.41) is 5.56. The third-order valence-corrected chi connectivity index (χ3v) is 6.33. The fourth-order valence-electron chi connectivity index (χ4n) is 3.64. The Balaban J connectivity index is 0.00000259. The summed E-state index contributed by atoms with van der Waals surface area (Å²) in [4.78, 5) is 8.76. The highest BCUT2D eigenvalue weighted by molar-refractivity contribution is 7.91. The summed E-state index contributed by atoms with van der Waals surface area (Å²) in [6, 6.07) is 28.5. The molecular formula is C25H21ClN4O2S. The molecule has 0 aliphatic heterocycles. The predicted molar refractivity (Wildman–Crippen MR) is 137 cm³/mol. The van der Waals surface area contributed by atoms with Crippen LogP contribution in [0, 0.1) is 0 Å². The van der Waals surface area contributed by atoms with Gasteiger partial charge in [0.2, 0.25) is 10.0 Å². The first kappa shape index (κ1) is 22.5. The molecule has 0 saturated carbocycles. The van der Waals surface area contributed by atoms with Crippen molar-refractivity contribution in [3.63, 3.8) is 0 Å². The number of aromatic nitrogens is 2. The van der Waals surface area contributed by atoms with Gasteiger partial charge in [0.25, 0.3) is 0 Å². The van der Waals surface area contributed by atoms with E-state index in [2.05, 4.69) is 15.0 Å². The summed E-state index contributed by atoms with van der Waals surface area (Å²) < 4.78 is 27.4. The monoisotopic (exact) mass is 476 g/mol. The topological polar surface area (TPSA) is 84.0 Å². The Hall–Kier alpha value is -3.68. The zero-order valence-corrected chi connectivity index (χ0v) is 19.1. The molecular weight excluding hydrogens is 456 g/mol. The minimum absolute atomic E-state index is 0. The van der Waals surface area contributed by atoms with E-state index in [-0.39, 0.29) is 18.2 Å². The summed E-state index contributed by atoms with van der Waals surface area (Å²) >= 11 is 0. The van der Waals surface area contributed by atoms with Gasteiger partial charge in [-0.15, -0.1) is 12.4 Å². The molecule has 6 nitrogen and oxygen atoms in total. The van der Waals surface area contributed by atoms with Crippen LogP contribution in [-0.2, 0) is 15.8 Å². The van der Waals surface area contributed by atoms with Gasteiger partial charge in [-0.05, 0) is 42.0 Å². The van der Waals surface area contributed by atoms with E-state index in [4.69, 9.17) is 4.98 Å². The van der Waals surface area contributed by atoms with Crippen LogP contribution in [0.2, 0.25) is 0 Å². The van der Waals surface area contributed by atoms with Gasteiger partial charge in [0, 0.05) is 22.7 Å². The highest BCUT2D eigenvalue weighted by atomic mass is 35.5. The van der Waals surface area contributed by atoms with Gasteiger partial charge in [-0.3, -0.25) is 4.72 Å². The number of hydrogen-bond donors (Lipinski definition) is 2. The first-order valence-corrected chi connectivity index (χ1v) is 11.8. The number of nitrogens with one attached hydrogen (secondary N) is 2. The van der Waals surface area contributed by atoms with Gasteiger partial charge in [0.1, 0.15) is 5.82 Å². The SMILES string of the molecule is Cl.O=S(=O)(Cc1ccc(Nc2c3ccccc3nc3ccccc23)cc1)Nc1ccccn1. The van der Waals surface area contributed by atoms with Gasteiger partial charge in [0.15, 0.2) is 0 Å². The predicted octanol–water partition coefficient (Wildman–Crippen LogP) is 5.89. The van der Waals surface area contributed by atoms with Crippen molar-refractivity contribution in [1.29, 1.82) is 0 Å². The summed E-state index contributed by atoms with van der Waals surface area (Å²) in [7, 11) is -3.56. The maximum absolute atomic E-state index is 12.5. The largest absolute Gasteiger partial charge is 0.354 e. The summed E-state index contributed by atoms with van der Waals surface area (Å²) in [6.07, 6.45) is 1.55. The standard InChI is InChI=1S/C25H20N4O2S.ClH/c30-32(31,29-24-11-5-6-16-26-24)17-18-12-14-19(15-13-18)27-25-20-7-1-3-9-22(20)28-23-10-4-2-8-21(23)25;/h1-16H,17H2,(H,26,29)(H,27,28);1H. The van der Waals surface area contributed by atoms with Gasteiger partial charge in [-0.1, -0.05) is 54.6 Å². The van der Waals surface area contributed by atoms with E-state index in [9.17, 15) is 8.42 Å². The maximum atomic E-state index is 12.5. The third kappa shape index (κ3) is 5.05. The quantitative estimate of drug-likeness (QED) is 0.298. The molecule has 0 amide bonds. The van der Waals surface area contributed by atoms with Crippen LogP contribution in [0.1, 0.15) is 5.56 Å². The van der Waals surface area contributed by atoms with Crippen molar-refractivity contribution in [2.45, 2.75) is 5.75 Å². The molecule has 0 fully saturated rings. The van der Waals surface area contributed by atoms with E-state index < -0.39 is 10.0 Å². The number of para-hydroxylation sites is 2. The van der Waals surface area contributed by atoms with Crippen LogP contribution in [-0.4, -0.2) is 18.4 Å². The smallest absolute Gasteiger partial charge is 0.238 e. The zero-order chi connectivity index (χ0) is 22.0. The molecule has 0 unspecified atom stereocenters. The number of halogens is 1. The second-order valence-electron chi connectivity index (χ2n) is 7.42. The van der Waals surface area contributed by atoms with Crippen LogP contribution < -0.4 is 10.0 Å². The Labute approximate surface area is 198 Å². The summed E-state index contributed by atoms with van der Waals surface area (Å²) in [5.41, 5.74) is 4.35. The maximum Gasteiger partial charge on any atom is 0.238 e. The lowest BCUT2D eigenvalue weighted by Crippen LogP contribution is -2.15. The second-order valence-corrected chi connectivity index (χ2v) is 9.14. The van der Waals surface area contributed by atoms with Gasteiger partial charge in [-0.2, -0.15) is 0 Å². The minimum atomic E-state index is -3.56. The molecule has 0 radical (unpaired) electrons. The van der Waals surface area contributed by atoms with Gasteiger partial charge in [-0.25, -0.2) is 18.4 Å². The number of pyridine rings is 2. The molecule has 3 aromatic carbocycles. The Kier molecular flexibility index (Phi) is 6.44. The van der Waals surface area contributed by atoms with Crippen LogP contribution in [0.25, 0.3) is 21.8 Å². The van der Waals surface area contributed by atoms with Gasteiger partial charge < -0.3 is 5.32 Å². The van der Waals surface area contributed by atoms with Gasteiger partial charge in [0.05, 0.1) is 22.5 Å². The molecule has 0 aliphatic rings. The van der Waals surface area contributed by atoms with Crippen molar-refractivity contribution in [2.24, 2.45) is 0 Å². The fourth-order valence-corrected chi connectivity index (χ4v) is 4.78. The molecule has 0 bridgehead atoms. The van der Waals surface area contributed by atoms with Crippen molar-refractivity contribution in [2.75, 3.05) is 10.0 Å². The van der Waals surface area contributed by atoms with Crippen LogP contribution in [0.4, 0.5) is 17.2 Å². The molecule has 0 atom stereocenters. The first-order chi connectivity index (χ1) is 15.6. The normalized spacial score (nSPS) is 11.2. The fraction of sp³-hybridized carbons (Fsp3) is 0.0400. The third-order valence-electron chi connectivity index (χ3n) is 5.09. The molecule has 0 saturated heterocycles. The van der Waals surface area contributed by atoms with Crippen molar-refractivity contribution >= 4 is 61.4 Å². The highest BCUT2D eigenvalue weighted by Crippen LogP contribution is 2.33. The molecule has 5 rings (SSSR count). The Morgan fingerprint density at radius 2 is 1.33 bits per heavy atom. The van der Waals surface area contributed by atoms with Crippen molar-refractivity contribution in [3.8, 4) is 0 Å². The van der Waals surface area contributed by atoms with Gasteiger partial charge >= 0.3 is 0 Å². The average molecular weight is 477 g/mol. The lowest BCUT2D eigenvalue weighted by molar-refractivity contribution is 0.600. The van der Waals surface area contributed by atoms with E-state index in [0.717, 1.165) is 33.2 Å². The molecule has 0 spiro atoms. The Bertz CT molecular complexity index is 1450. The molecule has 166 valence electrons. The highest BCUT2D eigenvalue weighted by Gasteiger charge is 2.13. The molecule has 33 heavy (non-hydrogen) atoms.